The Kier molecular flexibility index (Phi) is 5.79. The molecule has 1 aliphatic rings. The Morgan fingerprint density at radius 2 is 2.03 bits per heavy atom. The van der Waals surface area contributed by atoms with E-state index in [-0.39, 0.29) is 18.9 Å². The minimum atomic E-state index is -0.219. The van der Waals surface area contributed by atoms with Crippen LogP contribution in [-0.4, -0.2) is 34.8 Å². The number of anilines is 2. The van der Waals surface area contributed by atoms with Gasteiger partial charge in [0.1, 0.15) is 11.5 Å². The van der Waals surface area contributed by atoms with Crippen molar-refractivity contribution >= 4 is 40.2 Å². The number of aliphatic hydroxyl groups is 1. The largest absolute Gasteiger partial charge is 0.392 e. The monoisotopic (exact) mass is 501 g/mol. The molecule has 1 amide bonds. The summed E-state index contributed by atoms with van der Waals surface area (Å²) in [5.74, 6) is 0.820. The van der Waals surface area contributed by atoms with Gasteiger partial charge in [-0.05, 0) is 48.6 Å². The number of pyridine rings is 3. The van der Waals surface area contributed by atoms with Crippen LogP contribution in [0, 0.1) is 0 Å². The zero-order valence-corrected chi connectivity index (χ0v) is 20.1. The molecule has 36 heavy (non-hydrogen) atoms. The molecule has 0 spiro atoms. The fraction of sp³-hybridized carbons (Fsp3) is 0.231. The highest BCUT2D eigenvalue weighted by Crippen LogP contribution is 2.40. The first-order valence-corrected chi connectivity index (χ1v) is 12.2. The number of imidazole rings is 2. The normalized spacial score (nSPS) is 13.4. The molecule has 0 aliphatic heterocycles. The zero-order valence-electron chi connectivity index (χ0n) is 19.4. The van der Waals surface area contributed by atoms with Gasteiger partial charge in [-0.1, -0.05) is 11.6 Å². The Bertz CT molecular complexity index is 1590. The molecule has 5 aromatic rings. The van der Waals surface area contributed by atoms with Crippen LogP contribution < -0.4 is 10.6 Å². The van der Waals surface area contributed by atoms with E-state index in [1.807, 2.05) is 27.3 Å². The Labute approximate surface area is 211 Å². The Balaban J connectivity index is 1.12. The summed E-state index contributed by atoms with van der Waals surface area (Å²) in [7, 11) is 0. The Morgan fingerprint density at radius 3 is 2.86 bits per heavy atom. The number of hydrogen-bond donors (Lipinski definition) is 3. The topological polar surface area (TPSA) is 109 Å². The van der Waals surface area contributed by atoms with Crippen LogP contribution >= 0.6 is 11.6 Å². The number of aromatic nitrogens is 5. The number of hydrogen-bond acceptors (Lipinski definition) is 6. The molecule has 0 atom stereocenters. The predicted octanol–water partition coefficient (Wildman–Crippen LogP) is 4.19. The van der Waals surface area contributed by atoms with Gasteiger partial charge in [0.05, 0.1) is 42.8 Å². The SMILES string of the molecule is O=C(Cc1ncn2ccc(Cl)cc12)Nc1cc(NCc2cn3cc(C4CC4)cc(CO)c3n2)ccn1. The van der Waals surface area contributed by atoms with Crippen LogP contribution in [0.4, 0.5) is 11.5 Å². The van der Waals surface area contributed by atoms with Gasteiger partial charge in [-0.2, -0.15) is 0 Å². The van der Waals surface area contributed by atoms with Crippen LogP contribution in [0.25, 0.3) is 11.2 Å². The lowest BCUT2D eigenvalue weighted by Gasteiger charge is -2.08. The number of fused-ring (bicyclic) bond motifs is 2. The second kappa shape index (κ2) is 9.25. The van der Waals surface area contributed by atoms with Gasteiger partial charge in [-0.15, -0.1) is 0 Å². The highest BCUT2D eigenvalue weighted by atomic mass is 35.5. The molecule has 9 nitrogen and oxygen atoms in total. The van der Waals surface area contributed by atoms with E-state index in [4.69, 9.17) is 16.6 Å². The summed E-state index contributed by atoms with van der Waals surface area (Å²) in [5, 5.41) is 16.6. The fourth-order valence-corrected chi connectivity index (χ4v) is 4.54. The highest BCUT2D eigenvalue weighted by molar-refractivity contribution is 6.30. The Hall–Kier alpha value is -3.95. The van der Waals surface area contributed by atoms with Crippen LogP contribution in [0.2, 0.25) is 5.02 Å². The first kappa shape index (κ1) is 22.5. The second-order valence-corrected chi connectivity index (χ2v) is 9.47. The zero-order chi connectivity index (χ0) is 24.6. The summed E-state index contributed by atoms with van der Waals surface area (Å²) >= 11 is 6.09. The van der Waals surface area contributed by atoms with Gasteiger partial charge in [0.15, 0.2) is 0 Å². The molecule has 0 radical (unpaired) electrons. The van der Waals surface area contributed by atoms with E-state index in [0.29, 0.717) is 29.0 Å². The van der Waals surface area contributed by atoms with E-state index in [0.717, 1.165) is 28.1 Å². The molecule has 1 aliphatic carbocycles. The maximum Gasteiger partial charge on any atom is 0.231 e. The maximum atomic E-state index is 12.7. The number of rotatable bonds is 8. The quantitative estimate of drug-likeness (QED) is 0.294. The van der Waals surface area contributed by atoms with Gasteiger partial charge in [0, 0.05) is 47.1 Å². The molecule has 0 aromatic carbocycles. The first-order valence-electron chi connectivity index (χ1n) is 11.8. The van der Waals surface area contributed by atoms with Crippen LogP contribution in [0.15, 0.2) is 61.4 Å². The van der Waals surface area contributed by atoms with Crippen LogP contribution in [0.1, 0.15) is 41.3 Å². The van der Waals surface area contributed by atoms with E-state index < -0.39 is 0 Å². The van der Waals surface area contributed by atoms with E-state index in [1.54, 1.807) is 30.7 Å². The molecule has 0 bridgehead atoms. The lowest BCUT2D eigenvalue weighted by molar-refractivity contribution is -0.115. The van der Waals surface area contributed by atoms with Crippen LogP contribution in [-0.2, 0) is 24.4 Å². The van der Waals surface area contributed by atoms with Crippen LogP contribution in [0.5, 0.6) is 0 Å². The minimum Gasteiger partial charge on any atom is -0.392 e. The molecular weight excluding hydrogens is 478 g/mol. The number of carbonyl (C=O) groups is 1. The number of aliphatic hydroxyl groups excluding tert-OH is 1. The average molecular weight is 502 g/mol. The summed E-state index contributed by atoms with van der Waals surface area (Å²) in [6, 6.07) is 9.23. The number of nitrogens with zero attached hydrogens (tertiary/aromatic N) is 5. The molecule has 182 valence electrons. The lowest BCUT2D eigenvalue weighted by atomic mass is 10.1. The van der Waals surface area contributed by atoms with Crippen molar-refractivity contribution in [3.63, 3.8) is 0 Å². The molecule has 0 unspecified atom stereocenters. The molecule has 3 N–H and O–H groups in total. The van der Waals surface area contributed by atoms with Crippen molar-refractivity contribution in [1.82, 2.24) is 23.8 Å². The molecule has 1 fully saturated rings. The summed E-state index contributed by atoms with van der Waals surface area (Å²) in [6.07, 6.45) is 11.7. The molecule has 0 saturated heterocycles. The molecule has 10 heteroatoms. The number of nitrogens with one attached hydrogen (secondary N) is 2. The first-order chi connectivity index (χ1) is 17.6. The van der Waals surface area contributed by atoms with Gasteiger partial charge in [0.25, 0.3) is 0 Å². The van der Waals surface area contributed by atoms with Gasteiger partial charge in [0.2, 0.25) is 5.91 Å². The van der Waals surface area contributed by atoms with Crippen LogP contribution in [0.3, 0.4) is 0 Å². The van der Waals surface area contributed by atoms with E-state index in [9.17, 15) is 9.90 Å². The summed E-state index contributed by atoms with van der Waals surface area (Å²) in [5.41, 5.74) is 5.96. The second-order valence-electron chi connectivity index (χ2n) is 9.03. The standard InChI is InChI=1S/C26H24ClN7O2/c27-19-4-6-33-15-30-22(23(33)8-19)10-25(36)32-24-9-20(3-5-28-24)29-11-21-13-34-12-17(16-1-2-16)7-18(14-35)26(34)31-21/h3-9,12-13,15-16,35H,1-2,10-11,14H2,(H2,28,29,32,36). The molecule has 1 saturated carbocycles. The van der Waals surface area contributed by atoms with E-state index in [1.165, 1.54) is 18.4 Å². The Morgan fingerprint density at radius 1 is 1.14 bits per heavy atom. The highest BCUT2D eigenvalue weighted by Gasteiger charge is 2.25. The predicted molar refractivity (Wildman–Crippen MR) is 137 cm³/mol. The number of halogens is 1. The van der Waals surface area contributed by atoms with E-state index in [2.05, 4.69) is 32.9 Å². The third-order valence-corrected chi connectivity index (χ3v) is 6.56. The van der Waals surface area contributed by atoms with Gasteiger partial charge in [-0.3, -0.25) is 4.79 Å². The number of amides is 1. The molecule has 5 aromatic heterocycles. The summed E-state index contributed by atoms with van der Waals surface area (Å²) < 4.78 is 3.83. The third-order valence-electron chi connectivity index (χ3n) is 6.33. The van der Waals surface area contributed by atoms with E-state index >= 15 is 0 Å². The minimum absolute atomic E-state index is 0.0386. The van der Waals surface area contributed by atoms with Crippen molar-refractivity contribution in [1.29, 1.82) is 0 Å². The van der Waals surface area contributed by atoms with Crippen molar-refractivity contribution in [3.8, 4) is 0 Å². The van der Waals surface area contributed by atoms with Gasteiger partial charge in [-0.25, -0.2) is 15.0 Å². The van der Waals surface area contributed by atoms with Gasteiger partial charge < -0.3 is 24.5 Å². The van der Waals surface area contributed by atoms with Crippen molar-refractivity contribution < 1.29 is 9.90 Å². The third kappa shape index (κ3) is 4.62. The van der Waals surface area contributed by atoms with Crippen molar-refractivity contribution in [2.24, 2.45) is 0 Å². The molecular formula is C26H24ClN7O2. The average Bonchev–Trinajstić information content (AvgIpc) is 3.54. The van der Waals surface area contributed by atoms with Gasteiger partial charge >= 0.3 is 0 Å². The summed E-state index contributed by atoms with van der Waals surface area (Å²) in [6.45, 7) is 0.452. The fourth-order valence-electron chi connectivity index (χ4n) is 4.38. The smallest absolute Gasteiger partial charge is 0.231 e. The molecule has 6 rings (SSSR count). The maximum absolute atomic E-state index is 12.7. The lowest BCUT2D eigenvalue weighted by Crippen LogP contribution is -2.16. The summed E-state index contributed by atoms with van der Waals surface area (Å²) in [4.78, 5) is 25.9. The number of carbonyl (C=O) groups excluding carboxylic acids is 1. The van der Waals surface area contributed by atoms with Crippen molar-refractivity contribution in [2.45, 2.75) is 38.3 Å². The molecule has 5 heterocycles. The van der Waals surface area contributed by atoms with Crippen molar-refractivity contribution in [2.75, 3.05) is 10.6 Å². The van der Waals surface area contributed by atoms with Crippen molar-refractivity contribution in [3.05, 3.63) is 89.0 Å².